The number of ether oxygens (including phenoxy) is 2. The van der Waals surface area contributed by atoms with E-state index in [1.807, 2.05) is 0 Å². The number of rotatable bonds is 6. The van der Waals surface area contributed by atoms with Crippen LogP contribution in [-0.4, -0.2) is 32.1 Å². The number of halogens is 4. The highest BCUT2D eigenvalue weighted by molar-refractivity contribution is 7.88. The predicted molar refractivity (Wildman–Crippen MR) is 110 cm³/mol. The van der Waals surface area contributed by atoms with E-state index in [4.69, 9.17) is 21.1 Å². The molecule has 1 atom stereocenters. The summed E-state index contributed by atoms with van der Waals surface area (Å²) in [6.07, 6.45) is -1.54. The van der Waals surface area contributed by atoms with Crippen molar-refractivity contribution in [3.8, 4) is 5.75 Å². The molecule has 0 radical (unpaired) electrons. The van der Waals surface area contributed by atoms with Gasteiger partial charge in [0.05, 0.1) is 12.2 Å². The molecule has 172 valence electrons. The van der Waals surface area contributed by atoms with Gasteiger partial charge in [0, 0.05) is 16.0 Å². The molecule has 2 rings (SSSR count). The van der Waals surface area contributed by atoms with Crippen LogP contribution in [0.25, 0.3) is 10.8 Å². The van der Waals surface area contributed by atoms with Crippen molar-refractivity contribution in [1.82, 2.24) is 0 Å². The largest absolute Gasteiger partial charge is 0.534 e. The van der Waals surface area contributed by atoms with Crippen LogP contribution in [-0.2, 0) is 24.4 Å². The molecule has 0 amide bonds. The number of esters is 1. The lowest BCUT2D eigenvalue weighted by atomic mass is 9.96. The van der Waals surface area contributed by atoms with Crippen LogP contribution in [0.1, 0.15) is 44.9 Å². The second-order valence-electron chi connectivity index (χ2n) is 7.65. The van der Waals surface area contributed by atoms with Gasteiger partial charge >= 0.3 is 21.6 Å². The van der Waals surface area contributed by atoms with E-state index in [0.717, 1.165) is 0 Å². The molecule has 0 N–H and O–H groups in total. The molecule has 0 aliphatic carbocycles. The van der Waals surface area contributed by atoms with Gasteiger partial charge in [0.1, 0.15) is 0 Å². The van der Waals surface area contributed by atoms with Crippen molar-refractivity contribution < 1.29 is 40.0 Å². The standard InChI is InChI=1S/C20H22ClF3O6S/c1-6-28-18(25)17(29-19(3,4)5)15-11(2)9-12-10-13(21)7-8-14(12)16(15)30-31(26,27)20(22,23)24/h7-10,17H,6H2,1-5H3/t17-/m0/s1. The monoisotopic (exact) mass is 482 g/mol. The van der Waals surface area contributed by atoms with Crippen LogP contribution in [0.3, 0.4) is 0 Å². The van der Waals surface area contributed by atoms with E-state index in [1.54, 1.807) is 33.8 Å². The van der Waals surface area contributed by atoms with Gasteiger partial charge in [-0.25, -0.2) is 4.79 Å². The molecule has 2 aromatic rings. The maximum atomic E-state index is 13.1. The van der Waals surface area contributed by atoms with E-state index in [1.165, 1.54) is 25.1 Å². The van der Waals surface area contributed by atoms with Gasteiger partial charge in [-0.1, -0.05) is 17.7 Å². The smallest absolute Gasteiger partial charge is 0.464 e. The molecule has 0 bridgehead atoms. The number of carbonyl (C=O) groups is 1. The van der Waals surface area contributed by atoms with Crippen LogP contribution in [0, 0.1) is 6.92 Å². The molecule has 6 nitrogen and oxygen atoms in total. The van der Waals surface area contributed by atoms with Crippen LogP contribution < -0.4 is 4.18 Å². The van der Waals surface area contributed by atoms with Crippen LogP contribution in [0.15, 0.2) is 24.3 Å². The highest BCUT2D eigenvalue weighted by atomic mass is 35.5. The Hall–Kier alpha value is -2.04. The molecular weight excluding hydrogens is 461 g/mol. The summed E-state index contributed by atoms with van der Waals surface area (Å²) in [4.78, 5) is 12.7. The summed E-state index contributed by atoms with van der Waals surface area (Å²) in [6, 6.07) is 5.65. The molecule has 0 aromatic heterocycles. The van der Waals surface area contributed by atoms with Gasteiger partial charge in [-0.15, -0.1) is 0 Å². The number of hydrogen-bond acceptors (Lipinski definition) is 6. The van der Waals surface area contributed by atoms with Crippen molar-refractivity contribution in [3.63, 3.8) is 0 Å². The number of fused-ring (bicyclic) bond motifs is 1. The van der Waals surface area contributed by atoms with Crippen LogP contribution in [0.4, 0.5) is 13.2 Å². The Kier molecular flexibility index (Phi) is 7.19. The van der Waals surface area contributed by atoms with Crippen LogP contribution in [0.5, 0.6) is 5.75 Å². The van der Waals surface area contributed by atoms with Crippen molar-refractivity contribution in [1.29, 1.82) is 0 Å². The third kappa shape index (κ3) is 5.81. The Morgan fingerprint density at radius 2 is 1.77 bits per heavy atom. The molecule has 31 heavy (non-hydrogen) atoms. The molecule has 0 spiro atoms. The second-order valence-corrected chi connectivity index (χ2v) is 9.62. The first kappa shape index (κ1) is 25.2. The molecule has 0 heterocycles. The summed E-state index contributed by atoms with van der Waals surface area (Å²) >= 11 is 5.97. The average molecular weight is 483 g/mol. The van der Waals surface area contributed by atoms with Crippen molar-refractivity contribution in [3.05, 3.63) is 40.4 Å². The van der Waals surface area contributed by atoms with Crippen molar-refractivity contribution >= 4 is 38.5 Å². The number of hydrogen-bond donors (Lipinski definition) is 0. The highest BCUT2D eigenvalue weighted by Crippen LogP contribution is 2.42. The topological polar surface area (TPSA) is 78.9 Å². The first-order valence-corrected chi connectivity index (χ1v) is 10.9. The van der Waals surface area contributed by atoms with Crippen LogP contribution >= 0.6 is 11.6 Å². The zero-order valence-corrected chi connectivity index (χ0v) is 19.0. The molecule has 0 saturated heterocycles. The molecular formula is C20H22ClF3O6S. The second kappa shape index (κ2) is 8.84. The Labute approximate surface area is 183 Å². The molecule has 2 aromatic carbocycles. The van der Waals surface area contributed by atoms with E-state index in [-0.39, 0.29) is 28.1 Å². The number of aryl methyl sites for hydroxylation is 1. The van der Waals surface area contributed by atoms with Gasteiger partial charge in [0.15, 0.2) is 11.9 Å². The summed E-state index contributed by atoms with van der Waals surface area (Å²) < 4.78 is 78.4. The number of alkyl halides is 3. The summed E-state index contributed by atoms with van der Waals surface area (Å²) in [5.74, 6) is -1.57. The normalized spacial score (nSPS) is 13.8. The SMILES string of the molecule is CCOC(=O)[C@@H](OC(C)(C)C)c1c(C)cc2cc(Cl)ccc2c1OS(=O)(=O)C(F)(F)F. The fraction of sp³-hybridized carbons (Fsp3) is 0.450. The fourth-order valence-corrected chi connectivity index (χ4v) is 3.54. The molecule has 11 heteroatoms. The van der Waals surface area contributed by atoms with E-state index in [2.05, 4.69) is 4.18 Å². The maximum absolute atomic E-state index is 13.1. The minimum Gasteiger partial charge on any atom is -0.464 e. The first-order chi connectivity index (χ1) is 14.1. The van der Waals surface area contributed by atoms with Gasteiger partial charge in [0.2, 0.25) is 0 Å². The molecule has 0 fully saturated rings. The van der Waals surface area contributed by atoms with Crippen LogP contribution in [0.2, 0.25) is 5.02 Å². The van der Waals surface area contributed by atoms with E-state index in [0.29, 0.717) is 5.39 Å². The van der Waals surface area contributed by atoms with Gasteiger partial charge in [0.25, 0.3) is 0 Å². The van der Waals surface area contributed by atoms with E-state index in [9.17, 15) is 26.4 Å². The van der Waals surface area contributed by atoms with E-state index >= 15 is 0 Å². The lowest BCUT2D eigenvalue weighted by molar-refractivity contribution is -0.167. The summed E-state index contributed by atoms with van der Waals surface area (Å²) in [6.45, 7) is 7.89. The molecule has 0 unspecified atom stereocenters. The molecule has 0 saturated carbocycles. The minimum atomic E-state index is -6.05. The first-order valence-electron chi connectivity index (χ1n) is 9.15. The van der Waals surface area contributed by atoms with Gasteiger partial charge < -0.3 is 13.7 Å². The Morgan fingerprint density at radius 3 is 2.29 bits per heavy atom. The summed E-state index contributed by atoms with van der Waals surface area (Å²) in [5, 5.41) is 0.598. The molecule has 0 aliphatic heterocycles. The van der Waals surface area contributed by atoms with Gasteiger partial charge in [-0.3, -0.25) is 0 Å². The number of carbonyl (C=O) groups excluding carboxylic acids is 1. The van der Waals surface area contributed by atoms with Crippen molar-refractivity contribution in [2.45, 2.75) is 51.8 Å². The van der Waals surface area contributed by atoms with Gasteiger partial charge in [-0.2, -0.15) is 21.6 Å². The quantitative estimate of drug-likeness (QED) is 0.309. The van der Waals surface area contributed by atoms with Crippen molar-refractivity contribution in [2.24, 2.45) is 0 Å². The Morgan fingerprint density at radius 1 is 1.16 bits per heavy atom. The zero-order valence-electron chi connectivity index (χ0n) is 17.5. The zero-order chi connectivity index (χ0) is 23.8. The summed E-state index contributed by atoms with van der Waals surface area (Å²) in [7, 11) is -6.05. The lowest BCUT2D eigenvalue weighted by Gasteiger charge is -2.29. The maximum Gasteiger partial charge on any atom is 0.534 e. The Bertz CT molecular complexity index is 1090. The lowest BCUT2D eigenvalue weighted by Crippen LogP contribution is -2.31. The third-order valence-corrected chi connectivity index (χ3v) is 5.20. The van der Waals surface area contributed by atoms with E-state index < -0.39 is 39.1 Å². The average Bonchev–Trinajstić information content (AvgIpc) is 2.58. The fourth-order valence-electron chi connectivity index (χ4n) is 2.86. The third-order valence-electron chi connectivity index (χ3n) is 4.01. The Balaban J connectivity index is 2.89. The molecule has 0 aliphatic rings. The summed E-state index contributed by atoms with van der Waals surface area (Å²) in [5.41, 5.74) is -6.55. The highest BCUT2D eigenvalue weighted by Gasteiger charge is 2.49. The minimum absolute atomic E-state index is 0.00429. The van der Waals surface area contributed by atoms with Gasteiger partial charge in [-0.05, 0) is 63.8 Å². The predicted octanol–water partition coefficient (Wildman–Crippen LogP) is 5.45. The van der Waals surface area contributed by atoms with Crippen molar-refractivity contribution in [2.75, 3.05) is 6.61 Å². The number of benzene rings is 2.